The summed E-state index contributed by atoms with van der Waals surface area (Å²) in [6.45, 7) is 8.22. The smallest absolute Gasteiger partial charge is 0.327 e. The van der Waals surface area contributed by atoms with Gasteiger partial charge < -0.3 is 14.7 Å². The lowest BCUT2D eigenvalue weighted by Crippen LogP contribution is -2.56. The Balaban J connectivity index is 1.54. The van der Waals surface area contributed by atoms with Crippen molar-refractivity contribution in [3.05, 3.63) is 65.7 Å². The Kier molecular flexibility index (Phi) is 6.50. The van der Waals surface area contributed by atoms with Gasteiger partial charge in [0.25, 0.3) is 5.91 Å². The maximum absolute atomic E-state index is 13.6. The monoisotopic (exact) mass is 467 g/mol. The molecule has 2 aromatic carbocycles. The topological polar surface area (TPSA) is 66.8 Å². The number of carbonyl (C=O) groups is 2. The molecular weight excluding hydrogens is 434 g/mol. The molecule has 2 aliphatic rings. The van der Waals surface area contributed by atoms with E-state index in [-0.39, 0.29) is 12.0 Å². The third kappa shape index (κ3) is 4.63. The summed E-state index contributed by atoms with van der Waals surface area (Å²) in [4.78, 5) is 27.1. The van der Waals surface area contributed by atoms with Gasteiger partial charge in [-0.25, -0.2) is 4.79 Å². The largest absolute Gasteiger partial charge is 0.490 e. The maximum atomic E-state index is 13.6. The summed E-state index contributed by atoms with van der Waals surface area (Å²) in [7, 11) is 0. The normalized spacial score (nSPS) is 26.5. The Morgan fingerprint density at radius 1 is 1.03 bits per heavy atom. The summed E-state index contributed by atoms with van der Waals surface area (Å²) >= 11 is 1.64. The number of amides is 1. The molecule has 6 heteroatoms. The molecule has 1 amide bonds. The Hall–Kier alpha value is -2.47. The number of rotatable bonds is 5. The van der Waals surface area contributed by atoms with Crippen LogP contribution < -0.4 is 4.74 Å². The average molecular weight is 468 g/mol. The average Bonchev–Trinajstić information content (AvgIpc) is 3.02. The van der Waals surface area contributed by atoms with Crippen LogP contribution in [0.25, 0.3) is 0 Å². The van der Waals surface area contributed by atoms with E-state index in [1.165, 1.54) is 5.56 Å². The van der Waals surface area contributed by atoms with Crippen LogP contribution in [0.15, 0.2) is 54.6 Å². The summed E-state index contributed by atoms with van der Waals surface area (Å²) in [5.41, 5.74) is 1.81. The summed E-state index contributed by atoms with van der Waals surface area (Å²) in [6, 6.07) is 16.4. The third-order valence-corrected chi connectivity index (χ3v) is 8.58. The van der Waals surface area contributed by atoms with Crippen LogP contribution in [0, 0.1) is 0 Å². The number of hydrogen-bond acceptors (Lipinski definition) is 4. The Morgan fingerprint density at radius 3 is 2.18 bits per heavy atom. The van der Waals surface area contributed by atoms with Gasteiger partial charge in [0.05, 0.1) is 11.0 Å². The van der Waals surface area contributed by atoms with Crippen LogP contribution in [-0.4, -0.2) is 43.6 Å². The van der Waals surface area contributed by atoms with Crippen LogP contribution in [0.1, 0.15) is 75.2 Å². The van der Waals surface area contributed by atoms with Crippen molar-refractivity contribution < 1.29 is 19.4 Å². The minimum absolute atomic E-state index is 0.0572. The summed E-state index contributed by atoms with van der Waals surface area (Å²) in [5, 5.41) is 10.1. The summed E-state index contributed by atoms with van der Waals surface area (Å²) < 4.78 is 5.68. The van der Waals surface area contributed by atoms with E-state index in [2.05, 4.69) is 26.0 Å². The molecule has 1 aliphatic heterocycles. The van der Waals surface area contributed by atoms with E-state index in [0.717, 1.165) is 18.6 Å². The molecule has 0 radical (unpaired) electrons. The lowest BCUT2D eigenvalue weighted by Gasteiger charge is -2.43. The highest BCUT2D eigenvalue weighted by molar-refractivity contribution is 8.02. The van der Waals surface area contributed by atoms with Gasteiger partial charge in [0.2, 0.25) is 0 Å². The number of carboxylic acid groups (broad SMARTS) is 1. The quantitative estimate of drug-likeness (QED) is 0.589. The number of hydrogen-bond donors (Lipinski definition) is 1. The van der Waals surface area contributed by atoms with Gasteiger partial charge in [0.1, 0.15) is 11.8 Å². The van der Waals surface area contributed by atoms with Gasteiger partial charge in [-0.05, 0) is 75.3 Å². The lowest BCUT2D eigenvalue weighted by molar-refractivity contribution is -0.144. The highest BCUT2D eigenvalue weighted by Crippen LogP contribution is 2.57. The SMILES string of the molecule is CC(C)c1ccc(OC2CCC3(CC2)SC(C)(C)[C@H](C(=O)O)N3C(=O)c2ccccc2)cc1. The van der Waals surface area contributed by atoms with Crippen LogP contribution in [0.4, 0.5) is 0 Å². The molecule has 4 rings (SSSR count). The molecule has 1 atom stereocenters. The molecule has 0 bridgehead atoms. The minimum Gasteiger partial charge on any atom is -0.490 e. The molecule has 176 valence electrons. The zero-order valence-corrected chi connectivity index (χ0v) is 20.6. The van der Waals surface area contributed by atoms with Gasteiger partial charge in [-0.3, -0.25) is 4.79 Å². The molecule has 33 heavy (non-hydrogen) atoms. The Bertz CT molecular complexity index is 995. The van der Waals surface area contributed by atoms with Crippen molar-refractivity contribution in [2.24, 2.45) is 0 Å². The minimum atomic E-state index is -0.947. The number of carbonyl (C=O) groups excluding carboxylic acids is 1. The van der Waals surface area contributed by atoms with Crippen molar-refractivity contribution in [2.45, 2.75) is 81.1 Å². The first-order valence-electron chi connectivity index (χ1n) is 11.7. The van der Waals surface area contributed by atoms with Crippen molar-refractivity contribution in [3.63, 3.8) is 0 Å². The number of nitrogens with zero attached hydrogens (tertiary/aromatic N) is 1. The van der Waals surface area contributed by atoms with E-state index in [0.29, 0.717) is 24.3 Å². The molecule has 1 spiro atoms. The van der Waals surface area contributed by atoms with Crippen molar-refractivity contribution >= 4 is 23.6 Å². The highest BCUT2D eigenvalue weighted by atomic mass is 32.2. The first-order chi connectivity index (χ1) is 15.6. The molecule has 5 nitrogen and oxygen atoms in total. The molecule has 2 aromatic rings. The van der Waals surface area contributed by atoms with E-state index in [1.54, 1.807) is 28.8 Å². The van der Waals surface area contributed by atoms with Crippen LogP contribution in [0.3, 0.4) is 0 Å². The van der Waals surface area contributed by atoms with E-state index in [4.69, 9.17) is 4.74 Å². The van der Waals surface area contributed by atoms with E-state index in [1.807, 2.05) is 44.2 Å². The van der Waals surface area contributed by atoms with Crippen molar-refractivity contribution in [3.8, 4) is 5.75 Å². The van der Waals surface area contributed by atoms with Gasteiger partial charge in [-0.2, -0.15) is 0 Å². The molecule has 1 saturated heterocycles. The molecule has 1 saturated carbocycles. The predicted octanol–water partition coefficient (Wildman–Crippen LogP) is 5.95. The van der Waals surface area contributed by atoms with Crippen LogP contribution >= 0.6 is 11.8 Å². The van der Waals surface area contributed by atoms with Crippen LogP contribution in [0.5, 0.6) is 5.75 Å². The molecule has 1 heterocycles. The van der Waals surface area contributed by atoms with Crippen molar-refractivity contribution in [1.29, 1.82) is 0 Å². The van der Waals surface area contributed by atoms with E-state index in [9.17, 15) is 14.7 Å². The number of thioether (sulfide) groups is 1. The van der Waals surface area contributed by atoms with Crippen molar-refractivity contribution in [2.75, 3.05) is 0 Å². The van der Waals surface area contributed by atoms with E-state index >= 15 is 0 Å². The Morgan fingerprint density at radius 2 is 1.64 bits per heavy atom. The zero-order chi connectivity index (χ0) is 23.8. The second-order valence-corrected chi connectivity index (χ2v) is 12.0. The van der Waals surface area contributed by atoms with Gasteiger partial charge in [-0.15, -0.1) is 11.8 Å². The molecule has 2 fully saturated rings. The number of ether oxygens (including phenoxy) is 1. The second kappa shape index (κ2) is 9.05. The molecule has 1 N–H and O–H groups in total. The van der Waals surface area contributed by atoms with Crippen molar-refractivity contribution in [1.82, 2.24) is 4.90 Å². The summed E-state index contributed by atoms with van der Waals surface area (Å²) in [6.07, 6.45) is 3.03. The van der Waals surface area contributed by atoms with E-state index < -0.39 is 21.6 Å². The molecule has 1 aliphatic carbocycles. The number of benzene rings is 2. The number of carboxylic acids is 1. The van der Waals surface area contributed by atoms with Gasteiger partial charge in [0, 0.05) is 10.3 Å². The van der Waals surface area contributed by atoms with Gasteiger partial charge in [-0.1, -0.05) is 44.2 Å². The third-order valence-electron chi connectivity index (χ3n) is 6.85. The Labute approximate surface area is 200 Å². The molecule has 0 aromatic heterocycles. The predicted molar refractivity (Wildman–Crippen MR) is 132 cm³/mol. The second-order valence-electron chi connectivity index (χ2n) is 9.97. The van der Waals surface area contributed by atoms with Gasteiger partial charge >= 0.3 is 5.97 Å². The first kappa shape index (κ1) is 23.7. The standard InChI is InChI=1S/C27H33NO4S/c1-18(2)19-10-12-21(13-11-19)32-22-14-16-27(17-15-22)28(23(25(30)31)26(3,4)33-27)24(29)20-8-6-5-7-9-20/h5-13,18,22-23H,14-17H2,1-4H3,(H,30,31)/t22?,23-,27?/m0/s1. The number of aliphatic carboxylic acids is 1. The highest BCUT2D eigenvalue weighted by Gasteiger charge is 2.61. The fourth-order valence-corrected chi connectivity index (χ4v) is 7.22. The first-order valence-corrected chi connectivity index (χ1v) is 12.5. The summed E-state index contributed by atoms with van der Waals surface area (Å²) in [5.74, 6) is 0.189. The van der Waals surface area contributed by atoms with Crippen LogP contribution in [-0.2, 0) is 4.79 Å². The molecular formula is C27H33NO4S. The fourth-order valence-electron chi connectivity index (χ4n) is 5.20. The van der Waals surface area contributed by atoms with Gasteiger partial charge in [0.15, 0.2) is 0 Å². The fraction of sp³-hybridized carbons (Fsp3) is 0.481. The maximum Gasteiger partial charge on any atom is 0.327 e. The lowest BCUT2D eigenvalue weighted by atomic mass is 9.88. The van der Waals surface area contributed by atoms with Crippen LogP contribution in [0.2, 0.25) is 0 Å². The molecule has 0 unspecified atom stereocenters. The zero-order valence-electron chi connectivity index (χ0n) is 19.8.